The topological polar surface area (TPSA) is 353 Å². The lowest BCUT2D eigenvalue weighted by molar-refractivity contribution is 0.0333. The molecule has 0 N–H and O–H groups in total. The second-order valence-corrected chi connectivity index (χ2v) is 6.11. The molecule has 0 spiro atoms. The molecule has 0 aliphatic heterocycles. The number of hydrogen-bond donors (Lipinski definition) is 0. The molecule has 24 nitrogen and oxygen atoms in total. The van der Waals surface area contributed by atoms with Gasteiger partial charge < -0.3 is 0 Å². The zero-order chi connectivity index (χ0) is 32.2. The zero-order valence-electron chi connectivity index (χ0n) is 19.5. The van der Waals surface area contributed by atoms with Crippen LogP contribution in [0.15, 0.2) is 59.9 Å². The SMILES string of the molecule is O=C=NCC(N=C=O)(N=C=O)C(N=C=O)(N=C=O)C(N=C=O)(N=C=O)C(N=C=O)(N=C=O)C(N=C=O)(N=C=O)N=C=O. The molecule has 0 heterocycles. The van der Waals surface area contributed by atoms with Gasteiger partial charge in [-0.1, -0.05) is 0 Å². The van der Waals surface area contributed by atoms with E-state index in [0.717, 1.165) is 6.08 Å². The normalized spacial score (nSPS) is 15.7. The van der Waals surface area contributed by atoms with Crippen LogP contribution >= 0.6 is 0 Å². The van der Waals surface area contributed by atoms with E-state index in [2.05, 4.69) is 59.9 Å². The summed E-state index contributed by atoms with van der Waals surface area (Å²) in [4.78, 5) is 173. The Morgan fingerprint density at radius 3 is 0.881 bits per heavy atom. The van der Waals surface area contributed by atoms with Crippen molar-refractivity contribution in [1.29, 1.82) is 0 Å². The van der Waals surface area contributed by atoms with Crippen LogP contribution in [0.3, 0.4) is 0 Å². The molecule has 0 aliphatic carbocycles. The Balaban J connectivity index is 10.2. The Morgan fingerprint density at radius 2 is 0.595 bits per heavy atom. The standard InChI is InChI=1S/C18H2N12O12/c31-2-19-1-14(20-3-32,21-4-33)15(22-5-34,23-6-35)16(24-7-36,25-8-37)17(26-9-38,27-10-39)18(28-11-40,29-12-41)30-13-42/h1H2. The van der Waals surface area contributed by atoms with Crippen LogP contribution < -0.4 is 0 Å². The van der Waals surface area contributed by atoms with E-state index in [0.29, 0.717) is 66.9 Å². The molecular formula is C18H2N12O12. The van der Waals surface area contributed by atoms with Crippen LogP contribution in [0, 0.1) is 0 Å². The molecule has 24 heteroatoms. The van der Waals surface area contributed by atoms with Crippen molar-refractivity contribution >= 4 is 73.0 Å². The van der Waals surface area contributed by atoms with Gasteiger partial charge in [0.25, 0.3) is 17.0 Å². The molecule has 0 aliphatic rings. The summed E-state index contributed by atoms with van der Waals surface area (Å²) in [6.07, 6.45) is 7.57. The number of aliphatic imine (C=N–C) groups is 12. The quantitative estimate of drug-likeness (QED) is 0.120. The number of isocyanates is 12. The zero-order valence-corrected chi connectivity index (χ0v) is 19.5. The highest BCUT2D eigenvalue weighted by atomic mass is 16.2. The molecule has 0 rings (SSSR count). The summed E-state index contributed by atoms with van der Waals surface area (Å²) in [5, 5.41) is 0. The monoisotopic (exact) mass is 578 g/mol. The summed E-state index contributed by atoms with van der Waals surface area (Å²) in [6, 6.07) is 0. The molecule has 0 bridgehead atoms. The van der Waals surface area contributed by atoms with E-state index in [9.17, 15) is 57.5 Å². The fourth-order valence-corrected chi connectivity index (χ4v) is 3.34. The minimum atomic E-state index is -4.46. The van der Waals surface area contributed by atoms with Gasteiger partial charge in [0.1, 0.15) is 6.54 Å². The third kappa shape index (κ3) is 5.39. The van der Waals surface area contributed by atoms with E-state index in [-0.39, 0.29) is 0 Å². The summed E-state index contributed by atoms with van der Waals surface area (Å²) >= 11 is 0. The summed E-state index contributed by atoms with van der Waals surface area (Å²) in [5.74, 6) is -4.11. The average molecular weight is 578 g/mol. The third-order valence-electron chi connectivity index (χ3n) is 4.67. The average Bonchev–Trinajstić information content (AvgIpc) is 2.96. The molecule has 0 saturated carbocycles. The van der Waals surface area contributed by atoms with Gasteiger partial charge in [0.05, 0.1) is 0 Å². The lowest BCUT2D eigenvalue weighted by Gasteiger charge is -2.49. The van der Waals surface area contributed by atoms with E-state index in [1.807, 2.05) is 0 Å². The third-order valence-corrected chi connectivity index (χ3v) is 4.67. The number of nitrogens with zero attached hydrogens (tertiary/aromatic N) is 12. The van der Waals surface area contributed by atoms with Crippen molar-refractivity contribution in [2.24, 2.45) is 59.9 Å². The van der Waals surface area contributed by atoms with E-state index < -0.39 is 35.0 Å². The molecule has 0 saturated heterocycles. The van der Waals surface area contributed by atoms with Gasteiger partial charge in [-0.25, -0.2) is 62.5 Å². The van der Waals surface area contributed by atoms with Crippen molar-refractivity contribution in [3.05, 3.63) is 0 Å². The van der Waals surface area contributed by atoms with Gasteiger partial charge in [-0.15, -0.1) is 15.0 Å². The van der Waals surface area contributed by atoms with Crippen molar-refractivity contribution in [1.82, 2.24) is 0 Å². The summed E-state index contributed by atoms with van der Waals surface area (Å²) in [7, 11) is 0. The molecule has 0 fully saturated rings. The molecule has 0 atom stereocenters. The molecule has 0 amide bonds. The van der Waals surface area contributed by atoms with E-state index >= 15 is 0 Å². The van der Waals surface area contributed by atoms with Gasteiger partial charge in [-0.05, 0) is 0 Å². The molecular weight excluding hydrogens is 576 g/mol. The molecule has 206 valence electrons. The minimum Gasteiger partial charge on any atom is -0.211 e. The van der Waals surface area contributed by atoms with Crippen molar-refractivity contribution < 1.29 is 57.5 Å². The molecule has 0 aromatic carbocycles. The highest BCUT2D eigenvalue weighted by Gasteiger charge is 2.83. The smallest absolute Gasteiger partial charge is 0.211 e. The fraction of sp³-hybridized carbons (Fsp3) is 0.333. The first kappa shape index (κ1) is 34.6. The van der Waals surface area contributed by atoms with E-state index in [4.69, 9.17) is 0 Å². The first-order valence-electron chi connectivity index (χ1n) is 9.26. The number of hydrogen-bond acceptors (Lipinski definition) is 24. The Kier molecular flexibility index (Phi) is 12.9. The maximum absolute atomic E-state index is 11.8. The molecule has 0 aromatic rings. The van der Waals surface area contributed by atoms with Crippen molar-refractivity contribution in [2.75, 3.05) is 6.54 Å². The van der Waals surface area contributed by atoms with Crippen LogP contribution in [0.2, 0.25) is 0 Å². The first-order chi connectivity index (χ1) is 20.2. The van der Waals surface area contributed by atoms with Gasteiger partial charge in [-0.3, -0.25) is 0 Å². The predicted octanol–water partition coefficient (Wildman–Crippen LogP) is -3.54. The molecule has 0 radical (unpaired) electrons. The molecule has 0 aromatic heterocycles. The maximum atomic E-state index is 11.8. The van der Waals surface area contributed by atoms with Gasteiger partial charge in [0.15, 0.2) is 0 Å². The Morgan fingerprint density at radius 1 is 0.310 bits per heavy atom. The fourth-order valence-electron chi connectivity index (χ4n) is 3.34. The van der Waals surface area contributed by atoms with Gasteiger partial charge in [0.2, 0.25) is 78.6 Å². The maximum Gasteiger partial charge on any atom is 0.328 e. The molecule has 0 unspecified atom stereocenters. The van der Waals surface area contributed by atoms with Gasteiger partial charge >= 0.3 is 5.79 Å². The van der Waals surface area contributed by atoms with Crippen LogP contribution in [-0.4, -0.2) is 108 Å². The lowest BCUT2D eigenvalue weighted by Crippen LogP contribution is -2.75. The molecule has 42 heavy (non-hydrogen) atoms. The van der Waals surface area contributed by atoms with Gasteiger partial charge in [-0.2, -0.15) is 39.9 Å². The number of carbonyl (C=O) groups excluding carboxylic acids is 12. The van der Waals surface area contributed by atoms with Crippen LogP contribution in [0.25, 0.3) is 0 Å². The highest BCUT2D eigenvalue weighted by molar-refractivity contribution is 5.58. The predicted molar refractivity (Wildman–Crippen MR) is 116 cm³/mol. The van der Waals surface area contributed by atoms with Crippen LogP contribution in [-0.2, 0) is 57.5 Å². The van der Waals surface area contributed by atoms with Crippen LogP contribution in [0.5, 0.6) is 0 Å². The van der Waals surface area contributed by atoms with Crippen molar-refractivity contribution in [3.63, 3.8) is 0 Å². The minimum absolute atomic E-state index is 0.582. The van der Waals surface area contributed by atoms with Crippen LogP contribution in [0.1, 0.15) is 0 Å². The first-order valence-corrected chi connectivity index (χ1v) is 9.26. The van der Waals surface area contributed by atoms with E-state index in [1.165, 1.54) is 0 Å². The summed E-state index contributed by atoms with van der Waals surface area (Å²) in [5.41, 5.74) is -16.9. The second kappa shape index (κ2) is 15.7. The largest absolute Gasteiger partial charge is 0.328 e. The second-order valence-electron chi connectivity index (χ2n) is 6.11. The Hall–Kier alpha value is -7.44. The van der Waals surface area contributed by atoms with Crippen molar-refractivity contribution in [3.8, 4) is 0 Å². The van der Waals surface area contributed by atoms with Crippen LogP contribution in [0.4, 0.5) is 0 Å². The Labute approximate surface area is 226 Å². The highest BCUT2D eigenvalue weighted by Crippen LogP contribution is 2.56. The summed E-state index contributed by atoms with van der Waals surface area (Å²) < 4.78 is 0. The van der Waals surface area contributed by atoms with Gasteiger partial charge in [0, 0.05) is 0 Å². The van der Waals surface area contributed by atoms with E-state index in [1.54, 1.807) is 0 Å². The van der Waals surface area contributed by atoms with Crippen molar-refractivity contribution in [2.45, 2.75) is 28.4 Å². The number of rotatable bonds is 17. The summed E-state index contributed by atoms with van der Waals surface area (Å²) in [6.45, 7) is -1.72. The Bertz CT molecular complexity index is 1590. The lowest BCUT2D eigenvalue weighted by atomic mass is 9.71.